The lowest BCUT2D eigenvalue weighted by molar-refractivity contribution is -0.143. The lowest BCUT2D eigenvalue weighted by atomic mass is 10.1. The van der Waals surface area contributed by atoms with Crippen LogP contribution in [0.2, 0.25) is 0 Å². The van der Waals surface area contributed by atoms with E-state index in [1.165, 1.54) is 0 Å². The quantitative estimate of drug-likeness (QED) is 0.736. The number of carbonyl (C=O) groups is 2. The average Bonchev–Trinajstić information content (AvgIpc) is 3.05. The predicted octanol–water partition coefficient (Wildman–Crippen LogP) is 3.18. The summed E-state index contributed by atoms with van der Waals surface area (Å²) in [6.07, 6.45) is 1.72. The molecule has 0 radical (unpaired) electrons. The first-order chi connectivity index (χ1) is 11.1. The van der Waals surface area contributed by atoms with Gasteiger partial charge in [0.1, 0.15) is 5.76 Å². The summed E-state index contributed by atoms with van der Waals surface area (Å²) < 4.78 is 10.2. The molecule has 0 fully saturated rings. The fraction of sp³-hybridized carbons (Fsp3) is 0.333. The maximum Gasteiger partial charge on any atom is 0.307 e. The van der Waals surface area contributed by atoms with Gasteiger partial charge >= 0.3 is 5.97 Å². The predicted molar refractivity (Wildman–Crippen MR) is 85.9 cm³/mol. The number of carbonyl (C=O) groups excluding carboxylic acids is 2. The van der Waals surface area contributed by atoms with Crippen LogP contribution in [0.1, 0.15) is 35.0 Å². The van der Waals surface area contributed by atoms with Crippen LogP contribution in [0.5, 0.6) is 0 Å². The first-order valence-corrected chi connectivity index (χ1v) is 7.64. The summed E-state index contributed by atoms with van der Waals surface area (Å²) in [5, 5.41) is 0. The molecule has 0 spiro atoms. The van der Waals surface area contributed by atoms with Crippen LogP contribution in [0, 0.1) is 6.92 Å². The molecule has 1 aromatic carbocycles. The van der Waals surface area contributed by atoms with E-state index in [1.54, 1.807) is 42.4 Å². The monoisotopic (exact) mass is 315 g/mol. The molecule has 0 atom stereocenters. The maximum atomic E-state index is 12.7. The molecule has 0 unspecified atom stereocenters. The molecule has 0 aliphatic carbocycles. The molecule has 0 saturated carbocycles. The van der Waals surface area contributed by atoms with Crippen LogP contribution in [0.3, 0.4) is 0 Å². The first kappa shape index (κ1) is 16.8. The lowest BCUT2D eigenvalue weighted by Crippen LogP contribution is -2.32. The van der Waals surface area contributed by atoms with Gasteiger partial charge in [0.25, 0.3) is 5.91 Å². The van der Waals surface area contributed by atoms with Crippen LogP contribution in [0.15, 0.2) is 47.1 Å². The van der Waals surface area contributed by atoms with E-state index in [0.717, 1.165) is 5.56 Å². The molecule has 5 heteroatoms. The normalized spacial score (nSPS) is 10.3. The van der Waals surface area contributed by atoms with E-state index in [9.17, 15) is 9.59 Å². The molecular weight excluding hydrogens is 294 g/mol. The van der Waals surface area contributed by atoms with Gasteiger partial charge in [0.2, 0.25) is 0 Å². The molecule has 0 bridgehead atoms. The summed E-state index contributed by atoms with van der Waals surface area (Å²) in [5.74, 6) is 0.230. The van der Waals surface area contributed by atoms with E-state index in [0.29, 0.717) is 24.5 Å². The summed E-state index contributed by atoms with van der Waals surface area (Å²) in [6.45, 7) is 4.67. The minimum absolute atomic E-state index is 0.134. The summed E-state index contributed by atoms with van der Waals surface area (Å²) in [4.78, 5) is 25.9. The van der Waals surface area contributed by atoms with Crippen molar-refractivity contribution in [1.29, 1.82) is 0 Å². The van der Waals surface area contributed by atoms with Gasteiger partial charge in [0.15, 0.2) is 0 Å². The molecule has 0 N–H and O–H groups in total. The number of benzene rings is 1. The fourth-order valence-electron chi connectivity index (χ4n) is 2.18. The molecule has 0 saturated heterocycles. The summed E-state index contributed by atoms with van der Waals surface area (Å²) in [7, 11) is 0. The molecule has 1 amide bonds. The van der Waals surface area contributed by atoms with Crippen molar-refractivity contribution in [3.8, 4) is 0 Å². The zero-order valence-electron chi connectivity index (χ0n) is 13.5. The van der Waals surface area contributed by atoms with Gasteiger partial charge in [-0.15, -0.1) is 0 Å². The third-order valence-electron chi connectivity index (χ3n) is 3.40. The van der Waals surface area contributed by atoms with E-state index >= 15 is 0 Å². The van der Waals surface area contributed by atoms with E-state index in [4.69, 9.17) is 9.15 Å². The second-order valence-electron chi connectivity index (χ2n) is 5.23. The second kappa shape index (κ2) is 8.17. The van der Waals surface area contributed by atoms with Crippen molar-refractivity contribution in [1.82, 2.24) is 4.90 Å². The number of esters is 1. The number of nitrogens with zero attached hydrogens (tertiary/aromatic N) is 1. The van der Waals surface area contributed by atoms with Crippen LogP contribution in [0.25, 0.3) is 0 Å². The maximum absolute atomic E-state index is 12.7. The molecule has 0 aliphatic rings. The zero-order valence-corrected chi connectivity index (χ0v) is 13.5. The Hall–Kier alpha value is -2.56. The number of furan rings is 1. The highest BCUT2D eigenvalue weighted by Crippen LogP contribution is 2.12. The summed E-state index contributed by atoms with van der Waals surface area (Å²) >= 11 is 0. The van der Waals surface area contributed by atoms with Gasteiger partial charge in [0.05, 0.1) is 25.8 Å². The number of hydrogen-bond acceptors (Lipinski definition) is 4. The van der Waals surface area contributed by atoms with Crippen molar-refractivity contribution < 1.29 is 18.7 Å². The van der Waals surface area contributed by atoms with Gasteiger partial charge in [0, 0.05) is 12.1 Å². The van der Waals surface area contributed by atoms with Crippen molar-refractivity contribution in [2.24, 2.45) is 0 Å². The number of rotatable bonds is 7. The van der Waals surface area contributed by atoms with Crippen LogP contribution < -0.4 is 0 Å². The number of ether oxygens (including phenoxy) is 1. The van der Waals surface area contributed by atoms with E-state index < -0.39 is 0 Å². The smallest absolute Gasteiger partial charge is 0.307 e. The molecule has 5 nitrogen and oxygen atoms in total. The second-order valence-corrected chi connectivity index (χ2v) is 5.23. The third kappa shape index (κ3) is 4.98. The van der Waals surface area contributed by atoms with Gasteiger partial charge in [-0.05, 0) is 38.1 Å². The van der Waals surface area contributed by atoms with Gasteiger partial charge in [-0.3, -0.25) is 9.59 Å². The standard InChI is InChI=1S/C18H21NO4/c1-3-22-17(20)10-11-19(13-16-5-4-12-23-16)18(21)15-8-6-14(2)7-9-15/h4-9,12H,3,10-11,13H2,1-2H3. The van der Waals surface area contributed by atoms with Crippen molar-refractivity contribution in [3.05, 3.63) is 59.5 Å². The molecule has 1 aromatic heterocycles. The van der Waals surface area contributed by atoms with Gasteiger partial charge in [-0.1, -0.05) is 17.7 Å². The van der Waals surface area contributed by atoms with Crippen LogP contribution in [-0.4, -0.2) is 29.9 Å². The minimum Gasteiger partial charge on any atom is -0.467 e. The van der Waals surface area contributed by atoms with Crippen molar-refractivity contribution >= 4 is 11.9 Å². The van der Waals surface area contributed by atoms with Gasteiger partial charge in [-0.25, -0.2) is 0 Å². The molecule has 122 valence electrons. The summed E-state index contributed by atoms with van der Waals surface area (Å²) in [5.41, 5.74) is 1.68. The lowest BCUT2D eigenvalue weighted by Gasteiger charge is -2.21. The molecule has 2 aromatic rings. The molecule has 0 aliphatic heterocycles. The topological polar surface area (TPSA) is 59.8 Å². The fourth-order valence-corrected chi connectivity index (χ4v) is 2.18. The van der Waals surface area contributed by atoms with Crippen LogP contribution in [-0.2, 0) is 16.1 Å². The Labute approximate surface area is 135 Å². The van der Waals surface area contributed by atoms with E-state index in [2.05, 4.69) is 0 Å². The third-order valence-corrected chi connectivity index (χ3v) is 3.40. The largest absolute Gasteiger partial charge is 0.467 e. The van der Waals surface area contributed by atoms with Crippen LogP contribution in [0.4, 0.5) is 0 Å². The highest BCUT2D eigenvalue weighted by molar-refractivity contribution is 5.94. The van der Waals surface area contributed by atoms with Gasteiger partial charge in [-0.2, -0.15) is 0 Å². The van der Waals surface area contributed by atoms with Gasteiger partial charge < -0.3 is 14.1 Å². The molecular formula is C18H21NO4. The van der Waals surface area contributed by atoms with Crippen molar-refractivity contribution in [2.75, 3.05) is 13.2 Å². The molecule has 2 rings (SSSR count). The highest BCUT2D eigenvalue weighted by atomic mass is 16.5. The number of aryl methyl sites for hydroxylation is 1. The molecule has 1 heterocycles. The van der Waals surface area contributed by atoms with Crippen molar-refractivity contribution in [3.63, 3.8) is 0 Å². The first-order valence-electron chi connectivity index (χ1n) is 7.64. The van der Waals surface area contributed by atoms with E-state index in [1.807, 2.05) is 19.1 Å². The molecule has 23 heavy (non-hydrogen) atoms. The Bertz CT molecular complexity index is 632. The average molecular weight is 315 g/mol. The number of hydrogen-bond donors (Lipinski definition) is 0. The highest BCUT2D eigenvalue weighted by Gasteiger charge is 2.18. The Morgan fingerprint density at radius 2 is 1.91 bits per heavy atom. The number of amides is 1. The van der Waals surface area contributed by atoms with Crippen molar-refractivity contribution in [2.45, 2.75) is 26.8 Å². The summed E-state index contributed by atoms with van der Waals surface area (Å²) in [6, 6.07) is 10.9. The SMILES string of the molecule is CCOC(=O)CCN(Cc1ccco1)C(=O)c1ccc(C)cc1. The minimum atomic E-state index is -0.311. The Kier molecular flexibility index (Phi) is 5.97. The van der Waals surface area contributed by atoms with E-state index in [-0.39, 0.29) is 24.8 Å². The zero-order chi connectivity index (χ0) is 16.7. The Balaban J connectivity index is 2.09. The Morgan fingerprint density at radius 3 is 2.52 bits per heavy atom. The van der Waals surface area contributed by atoms with Crippen LogP contribution >= 0.6 is 0 Å². The Morgan fingerprint density at radius 1 is 1.17 bits per heavy atom.